The van der Waals surface area contributed by atoms with Crippen molar-refractivity contribution in [2.75, 3.05) is 7.11 Å². The quantitative estimate of drug-likeness (QED) is 0.733. The van der Waals surface area contributed by atoms with Crippen molar-refractivity contribution in [3.63, 3.8) is 0 Å². The van der Waals surface area contributed by atoms with Crippen LogP contribution in [0.25, 0.3) is 0 Å². The highest BCUT2D eigenvalue weighted by atomic mass is 16.8. The Balaban J connectivity index is 1.48. The van der Waals surface area contributed by atoms with Crippen molar-refractivity contribution >= 4 is 0 Å². The van der Waals surface area contributed by atoms with Gasteiger partial charge in [0.25, 0.3) is 0 Å². The van der Waals surface area contributed by atoms with Crippen molar-refractivity contribution in [3.8, 4) is 11.5 Å². The van der Waals surface area contributed by atoms with Crippen LogP contribution < -0.4 is 9.47 Å². The first-order valence-corrected chi connectivity index (χ1v) is 9.92. The number of fused-ring (bicyclic) bond motifs is 1. The minimum absolute atomic E-state index is 0.222. The summed E-state index contributed by atoms with van der Waals surface area (Å²) in [7, 11) is 1.63. The highest BCUT2D eigenvalue weighted by molar-refractivity contribution is 5.31. The Labute approximate surface area is 171 Å². The standard InChI is InChI=1S/C23H28O6/c1-15-19(25-14-16-8-6-5-7-9-16)20-21(29-23(2,3)28-20)22(26-15)27-18-12-10-17(24-4)11-13-18/h5-13,15,19-22H,14H2,1-4H3/t15-,19-,20+,21+,22-/m1/s1. The molecule has 2 aromatic rings. The van der Waals surface area contributed by atoms with Crippen LogP contribution in [-0.4, -0.2) is 43.6 Å². The molecule has 0 radical (unpaired) electrons. The first-order chi connectivity index (χ1) is 13.9. The van der Waals surface area contributed by atoms with Crippen LogP contribution in [0.5, 0.6) is 11.5 Å². The summed E-state index contributed by atoms with van der Waals surface area (Å²) < 4.78 is 36.0. The van der Waals surface area contributed by atoms with E-state index in [-0.39, 0.29) is 18.3 Å². The fraction of sp³-hybridized carbons (Fsp3) is 0.478. The van der Waals surface area contributed by atoms with Crippen LogP contribution >= 0.6 is 0 Å². The molecule has 0 unspecified atom stereocenters. The molecular weight excluding hydrogens is 372 g/mol. The Morgan fingerprint density at radius 3 is 2.24 bits per heavy atom. The molecule has 5 atom stereocenters. The lowest BCUT2D eigenvalue weighted by Gasteiger charge is -2.40. The second kappa shape index (κ2) is 8.32. The SMILES string of the molecule is COc1ccc(O[C@H]2O[C@H](C)[C@@H](OCc3ccccc3)[C@@H]3OC(C)(C)O[C@H]23)cc1. The second-order valence-electron chi connectivity index (χ2n) is 7.83. The average molecular weight is 400 g/mol. The summed E-state index contributed by atoms with van der Waals surface area (Å²) in [5.41, 5.74) is 1.10. The molecule has 2 heterocycles. The van der Waals surface area contributed by atoms with Crippen molar-refractivity contribution in [1.29, 1.82) is 0 Å². The predicted molar refractivity (Wildman–Crippen MR) is 107 cm³/mol. The second-order valence-corrected chi connectivity index (χ2v) is 7.83. The van der Waals surface area contributed by atoms with Crippen molar-refractivity contribution < 1.29 is 28.4 Å². The maximum absolute atomic E-state index is 6.22. The molecule has 0 aliphatic carbocycles. The van der Waals surface area contributed by atoms with E-state index in [0.717, 1.165) is 11.3 Å². The molecule has 0 saturated carbocycles. The summed E-state index contributed by atoms with van der Waals surface area (Å²) >= 11 is 0. The molecule has 0 spiro atoms. The third-order valence-corrected chi connectivity index (χ3v) is 5.16. The Kier molecular flexibility index (Phi) is 5.79. The highest BCUT2D eigenvalue weighted by Crippen LogP contribution is 2.39. The van der Waals surface area contributed by atoms with Gasteiger partial charge >= 0.3 is 0 Å². The van der Waals surface area contributed by atoms with Crippen molar-refractivity contribution in [1.82, 2.24) is 0 Å². The van der Waals surface area contributed by atoms with Crippen LogP contribution in [0, 0.1) is 0 Å². The molecule has 2 fully saturated rings. The zero-order chi connectivity index (χ0) is 20.4. The largest absolute Gasteiger partial charge is 0.497 e. The minimum Gasteiger partial charge on any atom is -0.497 e. The van der Waals surface area contributed by atoms with E-state index in [2.05, 4.69) is 0 Å². The fourth-order valence-corrected chi connectivity index (χ4v) is 3.80. The first kappa shape index (κ1) is 20.2. The van der Waals surface area contributed by atoms with Gasteiger partial charge in [-0.05, 0) is 50.6 Å². The lowest BCUT2D eigenvalue weighted by molar-refractivity contribution is -0.252. The summed E-state index contributed by atoms with van der Waals surface area (Å²) in [6.45, 7) is 6.25. The summed E-state index contributed by atoms with van der Waals surface area (Å²) in [6.07, 6.45) is -1.77. The smallest absolute Gasteiger partial charge is 0.229 e. The van der Waals surface area contributed by atoms with Gasteiger partial charge in [-0.1, -0.05) is 30.3 Å². The number of methoxy groups -OCH3 is 1. The number of benzene rings is 2. The van der Waals surface area contributed by atoms with Crippen molar-refractivity contribution in [3.05, 3.63) is 60.2 Å². The number of rotatable bonds is 6. The van der Waals surface area contributed by atoms with E-state index in [1.54, 1.807) is 7.11 Å². The molecule has 0 amide bonds. The zero-order valence-corrected chi connectivity index (χ0v) is 17.2. The molecule has 29 heavy (non-hydrogen) atoms. The molecular formula is C23H28O6. The van der Waals surface area contributed by atoms with E-state index < -0.39 is 18.2 Å². The van der Waals surface area contributed by atoms with Gasteiger partial charge in [0.15, 0.2) is 11.9 Å². The van der Waals surface area contributed by atoms with E-state index >= 15 is 0 Å². The maximum Gasteiger partial charge on any atom is 0.229 e. The number of hydrogen-bond acceptors (Lipinski definition) is 6. The van der Waals surface area contributed by atoms with Crippen LogP contribution in [0.2, 0.25) is 0 Å². The van der Waals surface area contributed by atoms with E-state index in [1.165, 1.54) is 0 Å². The molecule has 2 aliphatic rings. The summed E-state index contributed by atoms with van der Waals surface area (Å²) in [4.78, 5) is 0. The van der Waals surface area contributed by atoms with Crippen LogP contribution in [-0.2, 0) is 25.6 Å². The normalized spacial score (nSPS) is 30.6. The average Bonchev–Trinajstić information content (AvgIpc) is 3.04. The predicted octanol–water partition coefficient (Wildman–Crippen LogP) is 3.92. The number of hydrogen-bond donors (Lipinski definition) is 0. The fourth-order valence-electron chi connectivity index (χ4n) is 3.80. The van der Waals surface area contributed by atoms with E-state index in [0.29, 0.717) is 12.4 Å². The van der Waals surface area contributed by atoms with E-state index in [4.69, 9.17) is 28.4 Å². The molecule has 0 N–H and O–H groups in total. The molecule has 0 aromatic heterocycles. The van der Waals surface area contributed by atoms with Crippen molar-refractivity contribution in [2.24, 2.45) is 0 Å². The molecule has 6 nitrogen and oxygen atoms in total. The van der Waals surface area contributed by atoms with Crippen LogP contribution in [0.1, 0.15) is 26.3 Å². The molecule has 6 heteroatoms. The van der Waals surface area contributed by atoms with Gasteiger partial charge in [0, 0.05) is 0 Å². The van der Waals surface area contributed by atoms with Gasteiger partial charge in [-0.15, -0.1) is 0 Å². The van der Waals surface area contributed by atoms with Crippen molar-refractivity contribution in [2.45, 2.75) is 63.9 Å². The Morgan fingerprint density at radius 2 is 1.55 bits per heavy atom. The highest BCUT2D eigenvalue weighted by Gasteiger charge is 2.55. The zero-order valence-electron chi connectivity index (χ0n) is 17.2. The van der Waals surface area contributed by atoms with Gasteiger partial charge in [-0.2, -0.15) is 0 Å². The Bertz CT molecular complexity index is 791. The van der Waals surface area contributed by atoms with Gasteiger partial charge in [-0.25, -0.2) is 0 Å². The summed E-state index contributed by atoms with van der Waals surface area (Å²) in [5, 5.41) is 0. The Morgan fingerprint density at radius 1 is 0.897 bits per heavy atom. The lowest BCUT2D eigenvalue weighted by atomic mass is 9.99. The molecule has 2 aliphatic heterocycles. The van der Waals surface area contributed by atoms with E-state index in [1.807, 2.05) is 75.4 Å². The molecule has 4 rings (SSSR count). The molecule has 2 aromatic carbocycles. The van der Waals surface area contributed by atoms with Gasteiger partial charge in [0.2, 0.25) is 6.29 Å². The van der Waals surface area contributed by atoms with Crippen LogP contribution in [0.15, 0.2) is 54.6 Å². The summed E-state index contributed by atoms with van der Waals surface area (Å²) in [5.74, 6) is 0.710. The molecule has 156 valence electrons. The van der Waals surface area contributed by atoms with Gasteiger partial charge in [0.05, 0.1) is 19.8 Å². The minimum atomic E-state index is -0.737. The lowest BCUT2D eigenvalue weighted by Crippen LogP contribution is -2.57. The van der Waals surface area contributed by atoms with E-state index in [9.17, 15) is 0 Å². The maximum atomic E-state index is 6.22. The van der Waals surface area contributed by atoms with Crippen LogP contribution in [0.3, 0.4) is 0 Å². The van der Waals surface area contributed by atoms with Gasteiger partial charge in [0.1, 0.15) is 23.7 Å². The van der Waals surface area contributed by atoms with Crippen LogP contribution in [0.4, 0.5) is 0 Å². The molecule has 0 bridgehead atoms. The van der Waals surface area contributed by atoms with Gasteiger partial charge < -0.3 is 28.4 Å². The monoisotopic (exact) mass is 400 g/mol. The third kappa shape index (κ3) is 4.56. The number of ether oxygens (including phenoxy) is 6. The topological polar surface area (TPSA) is 55.4 Å². The molecule has 2 saturated heterocycles. The summed E-state index contributed by atoms with van der Waals surface area (Å²) in [6, 6.07) is 17.5. The third-order valence-electron chi connectivity index (χ3n) is 5.16. The first-order valence-electron chi connectivity index (χ1n) is 9.92. The van der Waals surface area contributed by atoms with Gasteiger partial charge in [-0.3, -0.25) is 0 Å². The Hall–Kier alpha value is -2.12.